The van der Waals surface area contributed by atoms with Crippen molar-refractivity contribution in [2.24, 2.45) is 0 Å². The van der Waals surface area contributed by atoms with E-state index in [0.717, 1.165) is 25.7 Å². The van der Waals surface area contributed by atoms with Crippen LogP contribution in [-0.4, -0.2) is 42.1 Å². The molecule has 0 aliphatic heterocycles. The van der Waals surface area contributed by atoms with Crippen molar-refractivity contribution in [1.82, 2.24) is 15.6 Å². The molecule has 0 radical (unpaired) electrons. The highest BCUT2D eigenvalue weighted by Gasteiger charge is 2.18. The molecule has 1 fully saturated rings. The van der Waals surface area contributed by atoms with Crippen molar-refractivity contribution < 1.29 is 19.1 Å². The number of carbonyl (C=O) groups is 3. The molecule has 1 aromatic heterocycles. The fraction of sp³-hybridized carbons (Fsp3) is 0.500. The maximum Gasteiger partial charge on any atom is 0.358 e. The Bertz CT molecular complexity index is 625. The molecule has 2 rings (SSSR count). The van der Waals surface area contributed by atoms with Gasteiger partial charge in [0.05, 0.1) is 0 Å². The maximum atomic E-state index is 11.8. The van der Waals surface area contributed by atoms with Crippen molar-refractivity contribution in [2.75, 3.05) is 18.5 Å². The minimum Gasteiger partial charge on any atom is -0.451 e. The second-order valence-corrected chi connectivity index (χ2v) is 6.50. The van der Waals surface area contributed by atoms with E-state index in [1.165, 1.54) is 23.1 Å². The van der Waals surface area contributed by atoms with Crippen LogP contribution >= 0.6 is 11.3 Å². The van der Waals surface area contributed by atoms with Crippen LogP contribution in [0, 0.1) is 0 Å². The maximum absolute atomic E-state index is 11.8. The third-order valence-corrected chi connectivity index (χ3v) is 4.44. The molecule has 0 aromatic carbocycles. The summed E-state index contributed by atoms with van der Waals surface area (Å²) in [6, 6.07) is -0.460. The molecule has 1 aliphatic rings. The van der Waals surface area contributed by atoms with E-state index < -0.39 is 24.5 Å². The fourth-order valence-corrected chi connectivity index (χ4v) is 3.13. The molecule has 25 heavy (non-hydrogen) atoms. The lowest BCUT2D eigenvalue weighted by Gasteiger charge is -2.22. The number of thiazole rings is 1. The quantitative estimate of drug-likeness (QED) is 0.503. The van der Waals surface area contributed by atoms with Gasteiger partial charge in [0.15, 0.2) is 17.4 Å². The van der Waals surface area contributed by atoms with E-state index in [9.17, 15) is 14.4 Å². The minimum absolute atomic E-state index is 0.0978. The Hall–Kier alpha value is -2.42. The predicted molar refractivity (Wildman–Crippen MR) is 94.6 cm³/mol. The van der Waals surface area contributed by atoms with Crippen LogP contribution in [0.5, 0.6) is 0 Å². The first-order valence-corrected chi connectivity index (χ1v) is 9.04. The van der Waals surface area contributed by atoms with Crippen molar-refractivity contribution in [2.45, 2.75) is 38.1 Å². The average Bonchev–Trinajstić information content (AvgIpc) is 3.07. The van der Waals surface area contributed by atoms with Crippen LogP contribution in [0.25, 0.3) is 0 Å². The highest BCUT2D eigenvalue weighted by atomic mass is 32.1. The molecule has 0 bridgehead atoms. The van der Waals surface area contributed by atoms with Crippen LogP contribution in [0.1, 0.15) is 42.6 Å². The van der Waals surface area contributed by atoms with Gasteiger partial charge in [-0.25, -0.2) is 14.6 Å². The molecule has 0 atom stereocenters. The summed E-state index contributed by atoms with van der Waals surface area (Å²) in [5.41, 5.74) is 0.107. The number of hydrogen-bond acceptors (Lipinski definition) is 7. The van der Waals surface area contributed by atoms with Gasteiger partial charge >= 0.3 is 12.0 Å². The highest BCUT2D eigenvalue weighted by molar-refractivity contribution is 7.13. The molecule has 1 saturated carbocycles. The average molecular weight is 366 g/mol. The van der Waals surface area contributed by atoms with Crippen molar-refractivity contribution in [3.63, 3.8) is 0 Å². The molecule has 1 aromatic rings. The zero-order valence-electron chi connectivity index (χ0n) is 13.9. The number of anilines is 1. The van der Waals surface area contributed by atoms with Crippen LogP contribution in [0.2, 0.25) is 0 Å². The Labute approximate surface area is 150 Å². The molecule has 1 aliphatic carbocycles. The molecule has 8 nitrogen and oxygen atoms in total. The van der Waals surface area contributed by atoms with Crippen molar-refractivity contribution in [3.05, 3.63) is 23.7 Å². The van der Waals surface area contributed by atoms with E-state index >= 15 is 0 Å². The number of urea groups is 1. The third kappa shape index (κ3) is 6.54. The normalized spacial score (nSPS) is 14.4. The molecule has 0 unspecified atom stereocenters. The molecular formula is C16H22N4O4S. The Morgan fingerprint density at radius 3 is 2.80 bits per heavy atom. The third-order valence-electron chi connectivity index (χ3n) is 3.64. The summed E-state index contributed by atoms with van der Waals surface area (Å²) >= 11 is 1.25. The number of ether oxygens (including phenoxy) is 1. The number of imide groups is 1. The predicted octanol–water partition coefficient (Wildman–Crippen LogP) is 2.06. The zero-order valence-corrected chi connectivity index (χ0v) is 14.7. The lowest BCUT2D eigenvalue weighted by molar-refractivity contribution is -0.123. The standard InChI is InChI=1S/C16H22N4O4S/c1-2-8-17-16-19-12(10-25-16)14(22)24-9-13(21)20-15(23)18-11-6-4-3-5-7-11/h2,10-11H,1,3-9H2,(H,17,19)(H2,18,20,21,23). The minimum atomic E-state index is -0.717. The van der Waals surface area contributed by atoms with Crippen molar-refractivity contribution in [1.29, 1.82) is 0 Å². The second-order valence-electron chi connectivity index (χ2n) is 5.64. The molecular weight excluding hydrogens is 344 g/mol. The topological polar surface area (TPSA) is 109 Å². The number of esters is 1. The Morgan fingerprint density at radius 1 is 1.32 bits per heavy atom. The highest BCUT2D eigenvalue weighted by Crippen LogP contribution is 2.17. The summed E-state index contributed by atoms with van der Waals surface area (Å²) in [4.78, 5) is 39.3. The van der Waals surface area contributed by atoms with Gasteiger partial charge in [-0.15, -0.1) is 17.9 Å². The first kappa shape index (κ1) is 18.9. The summed E-state index contributed by atoms with van der Waals surface area (Å²) < 4.78 is 4.86. The van der Waals surface area contributed by atoms with E-state index in [0.29, 0.717) is 11.7 Å². The summed E-state index contributed by atoms with van der Waals surface area (Å²) in [5, 5.41) is 9.95. The second kappa shape index (κ2) is 9.77. The number of hydrogen-bond donors (Lipinski definition) is 3. The molecule has 3 N–H and O–H groups in total. The monoisotopic (exact) mass is 366 g/mol. The lowest BCUT2D eigenvalue weighted by Crippen LogP contribution is -2.46. The van der Waals surface area contributed by atoms with Gasteiger partial charge in [-0.1, -0.05) is 25.3 Å². The van der Waals surface area contributed by atoms with Gasteiger partial charge in [0.25, 0.3) is 5.91 Å². The molecule has 0 spiro atoms. The number of carbonyl (C=O) groups excluding carboxylic acids is 3. The van der Waals surface area contributed by atoms with Gasteiger partial charge in [0, 0.05) is 18.0 Å². The van der Waals surface area contributed by atoms with Gasteiger partial charge in [-0.3, -0.25) is 10.1 Å². The SMILES string of the molecule is C=CCNc1nc(C(=O)OCC(=O)NC(=O)NC2CCCCC2)cs1. The van der Waals surface area contributed by atoms with Crippen LogP contribution in [-0.2, 0) is 9.53 Å². The van der Waals surface area contributed by atoms with Gasteiger partial charge in [-0.05, 0) is 12.8 Å². The van der Waals surface area contributed by atoms with E-state index in [2.05, 4.69) is 27.5 Å². The summed E-state index contributed by atoms with van der Waals surface area (Å²) in [6.45, 7) is 3.56. The Morgan fingerprint density at radius 2 is 2.08 bits per heavy atom. The van der Waals surface area contributed by atoms with Gasteiger partial charge in [-0.2, -0.15) is 0 Å². The van der Waals surface area contributed by atoms with E-state index in [1.807, 2.05) is 0 Å². The lowest BCUT2D eigenvalue weighted by atomic mass is 9.96. The summed E-state index contributed by atoms with van der Waals surface area (Å²) in [5.74, 6) is -1.40. The fourth-order valence-electron chi connectivity index (χ4n) is 2.44. The van der Waals surface area contributed by atoms with Crippen molar-refractivity contribution in [3.8, 4) is 0 Å². The van der Waals surface area contributed by atoms with Crippen LogP contribution in [0.15, 0.2) is 18.0 Å². The molecule has 3 amide bonds. The number of nitrogens with one attached hydrogen (secondary N) is 3. The Kier molecular flexibility index (Phi) is 7.39. The van der Waals surface area contributed by atoms with E-state index in [-0.39, 0.29) is 11.7 Å². The zero-order chi connectivity index (χ0) is 18.1. The molecule has 1 heterocycles. The molecule has 0 saturated heterocycles. The first-order valence-electron chi connectivity index (χ1n) is 8.16. The number of amides is 3. The van der Waals surface area contributed by atoms with E-state index in [1.54, 1.807) is 6.08 Å². The Balaban J connectivity index is 1.69. The van der Waals surface area contributed by atoms with E-state index in [4.69, 9.17) is 4.74 Å². The largest absolute Gasteiger partial charge is 0.451 e. The first-order chi connectivity index (χ1) is 12.1. The number of aromatic nitrogens is 1. The van der Waals surface area contributed by atoms with Crippen LogP contribution < -0.4 is 16.0 Å². The van der Waals surface area contributed by atoms with Crippen molar-refractivity contribution >= 4 is 34.4 Å². The van der Waals surface area contributed by atoms with Gasteiger partial charge in [0.1, 0.15) is 0 Å². The van der Waals surface area contributed by atoms with Crippen LogP contribution in [0.4, 0.5) is 9.93 Å². The number of rotatable bonds is 7. The van der Waals surface area contributed by atoms with Crippen LogP contribution in [0.3, 0.4) is 0 Å². The summed E-state index contributed by atoms with van der Waals surface area (Å²) in [7, 11) is 0. The van der Waals surface area contributed by atoms with Gasteiger partial charge in [0.2, 0.25) is 0 Å². The van der Waals surface area contributed by atoms with Gasteiger partial charge < -0.3 is 15.4 Å². The summed E-state index contributed by atoms with van der Waals surface area (Å²) in [6.07, 6.45) is 6.84. The molecule has 136 valence electrons. The molecule has 9 heteroatoms. The smallest absolute Gasteiger partial charge is 0.358 e. The number of nitrogens with zero attached hydrogens (tertiary/aromatic N) is 1.